The second kappa shape index (κ2) is 4.84. The average molecular weight is 210 g/mol. The molecule has 0 aromatic rings. The molecule has 88 valence electrons. The molecule has 0 amide bonds. The molecular formula is C13H26N2. The van der Waals surface area contributed by atoms with E-state index in [4.69, 9.17) is 5.73 Å². The van der Waals surface area contributed by atoms with Crippen LogP contribution in [0.1, 0.15) is 52.4 Å². The fraction of sp³-hybridized carbons (Fsp3) is 1.00. The van der Waals surface area contributed by atoms with Crippen molar-refractivity contribution in [3.8, 4) is 0 Å². The number of nitrogens with two attached hydrogens (primary N) is 1. The van der Waals surface area contributed by atoms with E-state index in [1.165, 1.54) is 45.1 Å². The first kappa shape index (κ1) is 11.4. The lowest BCUT2D eigenvalue weighted by atomic mass is 10.1. The lowest BCUT2D eigenvalue weighted by Gasteiger charge is -2.30. The summed E-state index contributed by atoms with van der Waals surface area (Å²) in [6, 6.07) is 2.16. The second-order valence-electron chi connectivity index (χ2n) is 5.62. The van der Waals surface area contributed by atoms with Gasteiger partial charge < -0.3 is 5.73 Å². The van der Waals surface area contributed by atoms with Crippen LogP contribution in [0.25, 0.3) is 0 Å². The van der Waals surface area contributed by atoms with Gasteiger partial charge in [-0.15, -0.1) is 0 Å². The molecule has 2 fully saturated rings. The minimum absolute atomic E-state index is 0.494. The van der Waals surface area contributed by atoms with Crippen LogP contribution in [0.4, 0.5) is 0 Å². The highest BCUT2D eigenvalue weighted by Gasteiger charge is 2.32. The Bertz CT molecular complexity index is 205. The van der Waals surface area contributed by atoms with Crippen molar-refractivity contribution in [2.24, 2.45) is 11.7 Å². The van der Waals surface area contributed by atoms with Gasteiger partial charge in [0.05, 0.1) is 0 Å². The Morgan fingerprint density at radius 2 is 2.00 bits per heavy atom. The smallest absolute Gasteiger partial charge is 0.00961 e. The number of likely N-dealkylation sites (tertiary alicyclic amines) is 1. The molecule has 2 rings (SSSR count). The van der Waals surface area contributed by atoms with Crippen LogP contribution < -0.4 is 5.73 Å². The zero-order valence-electron chi connectivity index (χ0n) is 10.3. The summed E-state index contributed by atoms with van der Waals surface area (Å²) in [7, 11) is 0. The van der Waals surface area contributed by atoms with Gasteiger partial charge >= 0.3 is 0 Å². The first-order chi connectivity index (χ1) is 7.20. The van der Waals surface area contributed by atoms with Crippen molar-refractivity contribution >= 4 is 0 Å². The van der Waals surface area contributed by atoms with Crippen LogP contribution >= 0.6 is 0 Å². The standard InChI is InChI=1S/C13H26N2/c1-3-13-7-4-10(2)15(13)9-11-5-6-12(14)8-11/h10-13H,3-9,14H2,1-2H3. The normalized spacial score (nSPS) is 42.6. The maximum absolute atomic E-state index is 5.98. The summed E-state index contributed by atoms with van der Waals surface area (Å²) in [6.07, 6.45) is 8.01. The average Bonchev–Trinajstić information content (AvgIpc) is 2.76. The van der Waals surface area contributed by atoms with Crippen molar-refractivity contribution in [2.45, 2.75) is 70.5 Å². The molecule has 2 N–H and O–H groups in total. The molecule has 1 aliphatic carbocycles. The van der Waals surface area contributed by atoms with Gasteiger partial charge in [0, 0.05) is 24.7 Å². The summed E-state index contributed by atoms with van der Waals surface area (Å²) < 4.78 is 0. The van der Waals surface area contributed by atoms with E-state index in [-0.39, 0.29) is 0 Å². The van der Waals surface area contributed by atoms with E-state index in [0.717, 1.165) is 18.0 Å². The molecule has 2 aliphatic rings. The summed E-state index contributed by atoms with van der Waals surface area (Å²) in [5, 5.41) is 0. The van der Waals surface area contributed by atoms with E-state index in [2.05, 4.69) is 18.7 Å². The number of nitrogens with zero attached hydrogens (tertiary/aromatic N) is 1. The van der Waals surface area contributed by atoms with Crippen molar-refractivity contribution < 1.29 is 0 Å². The molecule has 15 heavy (non-hydrogen) atoms. The zero-order valence-corrected chi connectivity index (χ0v) is 10.3. The summed E-state index contributed by atoms with van der Waals surface area (Å²) in [6.45, 7) is 6.04. The van der Waals surface area contributed by atoms with Gasteiger partial charge in [-0.3, -0.25) is 4.90 Å². The fourth-order valence-electron chi connectivity index (χ4n) is 3.47. The predicted octanol–water partition coefficient (Wildman–Crippen LogP) is 2.38. The Labute approximate surface area is 94.2 Å². The molecule has 2 heteroatoms. The third kappa shape index (κ3) is 2.54. The van der Waals surface area contributed by atoms with Crippen molar-refractivity contribution in [1.82, 2.24) is 4.90 Å². The van der Waals surface area contributed by atoms with Crippen LogP contribution in [-0.2, 0) is 0 Å². The van der Waals surface area contributed by atoms with Gasteiger partial charge in [-0.05, 0) is 51.4 Å². The Morgan fingerprint density at radius 3 is 2.60 bits per heavy atom. The Hall–Kier alpha value is -0.0800. The molecule has 0 aromatic carbocycles. The lowest BCUT2D eigenvalue weighted by Crippen LogP contribution is -2.37. The first-order valence-electron chi connectivity index (χ1n) is 6.72. The summed E-state index contributed by atoms with van der Waals surface area (Å²) in [5.41, 5.74) is 5.98. The molecule has 1 heterocycles. The van der Waals surface area contributed by atoms with Crippen molar-refractivity contribution in [2.75, 3.05) is 6.54 Å². The van der Waals surface area contributed by atoms with Gasteiger partial charge in [0.15, 0.2) is 0 Å². The molecule has 2 nitrogen and oxygen atoms in total. The van der Waals surface area contributed by atoms with E-state index in [0.29, 0.717) is 6.04 Å². The van der Waals surface area contributed by atoms with Crippen LogP contribution in [0.3, 0.4) is 0 Å². The van der Waals surface area contributed by atoms with Crippen LogP contribution in [0.5, 0.6) is 0 Å². The van der Waals surface area contributed by atoms with E-state index < -0.39 is 0 Å². The minimum atomic E-state index is 0.494. The molecule has 4 unspecified atom stereocenters. The largest absolute Gasteiger partial charge is 0.328 e. The molecule has 0 radical (unpaired) electrons. The van der Waals surface area contributed by atoms with Gasteiger partial charge in [-0.1, -0.05) is 6.92 Å². The van der Waals surface area contributed by atoms with Gasteiger partial charge in [0.25, 0.3) is 0 Å². The van der Waals surface area contributed by atoms with E-state index in [1.54, 1.807) is 0 Å². The van der Waals surface area contributed by atoms with Crippen molar-refractivity contribution in [3.05, 3.63) is 0 Å². The number of rotatable bonds is 3. The van der Waals surface area contributed by atoms with E-state index in [1.807, 2.05) is 0 Å². The first-order valence-corrected chi connectivity index (χ1v) is 6.72. The number of hydrogen-bond donors (Lipinski definition) is 1. The van der Waals surface area contributed by atoms with Gasteiger partial charge in [-0.25, -0.2) is 0 Å². The van der Waals surface area contributed by atoms with Crippen LogP contribution in [0, 0.1) is 5.92 Å². The lowest BCUT2D eigenvalue weighted by molar-refractivity contribution is 0.167. The Morgan fingerprint density at radius 1 is 1.20 bits per heavy atom. The molecule has 0 spiro atoms. The van der Waals surface area contributed by atoms with Crippen LogP contribution in [0.15, 0.2) is 0 Å². The minimum Gasteiger partial charge on any atom is -0.328 e. The van der Waals surface area contributed by atoms with Crippen molar-refractivity contribution in [3.63, 3.8) is 0 Å². The highest BCUT2D eigenvalue weighted by Crippen LogP contribution is 2.31. The fourth-order valence-corrected chi connectivity index (χ4v) is 3.47. The monoisotopic (exact) mass is 210 g/mol. The molecular weight excluding hydrogens is 184 g/mol. The third-order valence-corrected chi connectivity index (χ3v) is 4.47. The van der Waals surface area contributed by atoms with E-state index >= 15 is 0 Å². The zero-order chi connectivity index (χ0) is 10.8. The highest BCUT2D eigenvalue weighted by atomic mass is 15.2. The summed E-state index contributed by atoms with van der Waals surface area (Å²) >= 11 is 0. The highest BCUT2D eigenvalue weighted by molar-refractivity contribution is 4.88. The van der Waals surface area contributed by atoms with Gasteiger partial charge in [-0.2, -0.15) is 0 Å². The quantitative estimate of drug-likeness (QED) is 0.775. The van der Waals surface area contributed by atoms with Crippen molar-refractivity contribution in [1.29, 1.82) is 0 Å². The molecule has 4 atom stereocenters. The molecule has 0 aromatic heterocycles. The molecule has 1 saturated carbocycles. The predicted molar refractivity (Wildman–Crippen MR) is 64.8 cm³/mol. The van der Waals surface area contributed by atoms with Crippen LogP contribution in [-0.4, -0.2) is 29.6 Å². The number of hydrogen-bond acceptors (Lipinski definition) is 2. The maximum Gasteiger partial charge on any atom is 0.00961 e. The SMILES string of the molecule is CCC1CCC(C)N1CC1CCC(N)C1. The van der Waals surface area contributed by atoms with Crippen LogP contribution in [0.2, 0.25) is 0 Å². The topological polar surface area (TPSA) is 29.3 Å². The van der Waals surface area contributed by atoms with Gasteiger partial charge in [0.2, 0.25) is 0 Å². The molecule has 1 saturated heterocycles. The summed E-state index contributed by atoms with van der Waals surface area (Å²) in [5.74, 6) is 0.884. The Balaban J connectivity index is 1.86. The van der Waals surface area contributed by atoms with E-state index in [9.17, 15) is 0 Å². The molecule has 1 aliphatic heterocycles. The third-order valence-electron chi connectivity index (χ3n) is 4.47. The second-order valence-corrected chi connectivity index (χ2v) is 5.62. The maximum atomic E-state index is 5.98. The molecule has 0 bridgehead atoms. The Kier molecular flexibility index (Phi) is 3.68. The van der Waals surface area contributed by atoms with Gasteiger partial charge in [0.1, 0.15) is 0 Å². The summed E-state index contributed by atoms with van der Waals surface area (Å²) in [4.78, 5) is 2.75.